The van der Waals surface area contributed by atoms with Crippen molar-refractivity contribution in [1.29, 1.82) is 0 Å². The molecule has 0 aromatic heterocycles. The highest BCUT2D eigenvalue weighted by Crippen LogP contribution is 2.13. The number of nitrogens with one attached hydrogen (secondary N) is 3. The van der Waals surface area contributed by atoms with E-state index in [1.807, 2.05) is 54.6 Å². The molecule has 3 amide bonds. The molecule has 4 N–H and O–H groups in total. The number of hydrogen-bond donors (Lipinski definition) is 4. The molecule has 0 aliphatic heterocycles. The minimum atomic E-state index is -0.686. The van der Waals surface area contributed by atoms with Crippen LogP contribution in [0.5, 0.6) is 5.75 Å². The molecular weight excluding hydrogens is 442 g/mol. The number of ether oxygens (including phenoxy) is 1. The van der Waals surface area contributed by atoms with Gasteiger partial charge in [0.05, 0.1) is 7.11 Å². The third-order valence-electron chi connectivity index (χ3n) is 4.86. The van der Waals surface area contributed by atoms with Crippen molar-refractivity contribution < 1.29 is 24.3 Å². The number of carbonyl (C=O) groups excluding carboxylic acids is 3. The lowest BCUT2D eigenvalue weighted by Gasteiger charge is -2.18. The first-order valence-corrected chi connectivity index (χ1v) is 11.9. The monoisotopic (exact) mass is 473 g/mol. The quantitative estimate of drug-likeness (QED) is 0.190. The van der Waals surface area contributed by atoms with Crippen molar-refractivity contribution in [1.82, 2.24) is 16.1 Å². The van der Waals surface area contributed by atoms with Gasteiger partial charge in [0.1, 0.15) is 11.8 Å². The molecule has 1 atom stereocenters. The van der Waals surface area contributed by atoms with E-state index in [0.29, 0.717) is 30.9 Å². The summed E-state index contributed by atoms with van der Waals surface area (Å²) in [5.41, 5.74) is 3.58. The number of carbonyl (C=O) groups is 3. The number of benzene rings is 2. The van der Waals surface area contributed by atoms with Crippen molar-refractivity contribution >= 4 is 29.5 Å². The Morgan fingerprint density at radius 3 is 2.36 bits per heavy atom. The number of hydroxylamine groups is 1. The molecule has 9 heteroatoms. The Balaban J connectivity index is 1.86. The third-order valence-corrected chi connectivity index (χ3v) is 6.01. The van der Waals surface area contributed by atoms with Crippen LogP contribution in [0.15, 0.2) is 54.6 Å². The molecule has 0 aliphatic carbocycles. The molecule has 0 heterocycles. The van der Waals surface area contributed by atoms with Gasteiger partial charge in [-0.2, -0.15) is 11.8 Å². The van der Waals surface area contributed by atoms with Crippen LogP contribution in [0.2, 0.25) is 0 Å². The number of thioether (sulfide) groups is 1. The van der Waals surface area contributed by atoms with Crippen LogP contribution in [0, 0.1) is 0 Å². The molecular formula is C24H31N3O5S. The van der Waals surface area contributed by atoms with E-state index in [1.165, 1.54) is 11.8 Å². The SMILES string of the molecule is COc1ccc(CCC(=O)N[C@@H](CSCCCC(=O)NO)C(=O)NCc2ccccc2)cc1. The minimum Gasteiger partial charge on any atom is -0.497 e. The summed E-state index contributed by atoms with van der Waals surface area (Å²) in [6, 6.07) is 16.4. The van der Waals surface area contributed by atoms with E-state index >= 15 is 0 Å². The van der Waals surface area contributed by atoms with Crippen LogP contribution >= 0.6 is 11.8 Å². The lowest BCUT2D eigenvalue weighted by Crippen LogP contribution is -2.48. The van der Waals surface area contributed by atoms with Gasteiger partial charge in [-0.25, -0.2) is 5.48 Å². The van der Waals surface area contributed by atoms with Gasteiger partial charge in [0.25, 0.3) is 0 Å². The Morgan fingerprint density at radius 1 is 0.970 bits per heavy atom. The van der Waals surface area contributed by atoms with Gasteiger partial charge < -0.3 is 15.4 Å². The summed E-state index contributed by atoms with van der Waals surface area (Å²) in [7, 11) is 1.60. The Morgan fingerprint density at radius 2 is 1.70 bits per heavy atom. The molecule has 0 bridgehead atoms. The van der Waals surface area contributed by atoms with Gasteiger partial charge >= 0.3 is 0 Å². The smallest absolute Gasteiger partial charge is 0.243 e. The zero-order valence-electron chi connectivity index (χ0n) is 18.7. The molecule has 2 aromatic rings. The fraction of sp³-hybridized carbons (Fsp3) is 0.375. The average molecular weight is 474 g/mol. The van der Waals surface area contributed by atoms with Crippen LogP contribution in [-0.4, -0.2) is 47.6 Å². The van der Waals surface area contributed by atoms with Gasteiger partial charge in [0.2, 0.25) is 17.7 Å². The molecule has 33 heavy (non-hydrogen) atoms. The van der Waals surface area contributed by atoms with Crippen molar-refractivity contribution in [3.8, 4) is 5.75 Å². The van der Waals surface area contributed by atoms with Crippen molar-refractivity contribution in [2.75, 3.05) is 18.6 Å². The lowest BCUT2D eigenvalue weighted by molar-refractivity contribution is -0.129. The molecule has 0 radical (unpaired) electrons. The first-order valence-electron chi connectivity index (χ1n) is 10.8. The molecule has 0 spiro atoms. The van der Waals surface area contributed by atoms with E-state index in [0.717, 1.165) is 16.9 Å². The van der Waals surface area contributed by atoms with E-state index in [-0.39, 0.29) is 24.7 Å². The van der Waals surface area contributed by atoms with Crippen LogP contribution in [0.1, 0.15) is 30.4 Å². The van der Waals surface area contributed by atoms with Crippen LogP contribution in [0.3, 0.4) is 0 Å². The molecule has 2 aromatic carbocycles. The highest BCUT2D eigenvalue weighted by Gasteiger charge is 2.20. The van der Waals surface area contributed by atoms with Gasteiger partial charge in [-0.3, -0.25) is 19.6 Å². The van der Waals surface area contributed by atoms with E-state index in [4.69, 9.17) is 9.94 Å². The maximum absolute atomic E-state index is 12.8. The van der Waals surface area contributed by atoms with Crippen LogP contribution in [0.25, 0.3) is 0 Å². The van der Waals surface area contributed by atoms with Gasteiger partial charge in [-0.1, -0.05) is 42.5 Å². The van der Waals surface area contributed by atoms with Gasteiger partial charge in [-0.15, -0.1) is 0 Å². The fourth-order valence-electron chi connectivity index (χ4n) is 3.00. The van der Waals surface area contributed by atoms with Gasteiger partial charge in [0.15, 0.2) is 0 Å². The lowest BCUT2D eigenvalue weighted by atomic mass is 10.1. The molecule has 2 rings (SSSR count). The van der Waals surface area contributed by atoms with Crippen molar-refractivity contribution in [3.05, 3.63) is 65.7 Å². The first-order chi connectivity index (χ1) is 16.0. The second kappa shape index (κ2) is 14.9. The molecule has 0 saturated heterocycles. The predicted molar refractivity (Wildman–Crippen MR) is 128 cm³/mol. The predicted octanol–water partition coefficient (Wildman–Crippen LogP) is 2.45. The summed E-state index contributed by atoms with van der Waals surface area (Å²) >= 11 is 1.47. The highest BCUT2D eigenvalue weighted by atomic mass is 32.2. The molecule has 0 fully saturated rings. The summed E-state index contributed by atoms with van der Waals surface area (Å²) < 4.78 is 5.14. The van der Waals surface area contributed by atoms with Crippen LogP contribution < -0.4 is 20.9 Å². The summed E-state index contributed by atoms with van der Waals surface area (Å²) in [5.74, 6) is 0.863. The summed E-state index contributed by atoms with van der Waals surface area (Å²) in [6.45, 7) is 0.374. The van der Waals surface area contributed by atoms with E-state index < -0.39 is 11.9 Å². The van der Waals surface area contributed by atoms with E-state index in [2.05, 4.69) is 10.6 Å². The fourth-order valence-corrected chi connectivity index (χ4v) is 3.99. The number of methoxy groups -OCH3 is 1. The Hall–Kier alpha value is -3.04. The first kappa shape index (κ1) is 26.2. The number of hydrogen-bond acceptors (Lipinski definition) is 6. The second-order valence-corrected chi connectivity index (χ2v) is 8.53. The van der Waals surface area contributed by atoms with Crippen LogP contribution in [0.4, 0.5) is 0 Å². The molecule has 0 saturated carbocycles. The molecule has 178 valence electrons. The number of rotatable bonds is 14. The van der Waals surface area contributed by atoms with Crippen molar-refractivity contribution in [2.45, 2.75) is 38.3 Å². The second-order valence-electron chi connectivity index (χ2n) is 7.39. The largest absolute Gasteiger partial charge is 0.497 e. The maximum atomic E-state index is 12.8. The van der Waals surface area contributed by atoms with Gasteiger partial charge in [0, 0.05) is 25.1 Å². The topological polar surface area (TPSA) is 117 Å². The highest BCUT2D eigenvalue weighted by molar-refractivity contribution is 7.99. The third kappa shape index (κ3) is 10.4. The summed E-state index contributed by atoms with van der Waals surface area (Å²) in [5, 5.41) is 14.3. The molecule has 8 nitrogen and oxygen atoms in total. The van der Waals surface area contributed by atoms with Crippen molar-refractivity contribution in [3.63, 3.8) is 0 Å². The number of amides is 3. The Kier molecular flexibility index (Phi) is 11.8. The van der Waals surface area contributed by atoms with E-state index in [1.54, 1.807) is 12.6 Å². The summed E-state index contributed by atoms with van der Waals surface area (Å²) in [6.07, 6.45) is 1.57. The zero-order chi connectivity index (χ0) is 23.9. The van der Waals surface area contributed by atoms with E-state index in [9.17, 15) is 14.4 Å². The molecule has 0 unspecified atom stereocenters. The normalized spacial score (nSPS) is 11.3. The standard InChI is InChI=1S/C24H31N3O5S/c1-32-20-12-9-18(10-13-20)11-14-22(28)26-21(17-33-15-5-8-23(29)27-31)24(30)25-16-19-6-3-2-4-7-19/h2-4,6-7,9-10,12-13,21,31H,5,8,11,14-17H2,1H3,(H,25,30)(H,26,28)(H,27,29)/t21-/m0/s1. The Labute approximate surface area is 198 Å². The van der Waals surface area contributed by atoms with Crippen molar-refractivity contribution in [2.24, 2.45) is 0 Å². The van der Waals surface area contributed by atoms with Crippen LogP contribution in [-0.2, 0) is 27.3 Å². The Bertz CT molecular complexity index is 877. The van der Waals surface area contributed by atoms with Gasteiger partial charge in [-0.05, 0) is 41.9 Å². The molecule has 0 aliphatic rings. The number of aryl methyl sites for hydroxylation is 1. The minimum absolute atomic E-state index is 0.197. The zero-order valence-corrected chi connectivity index (χ0v) is 19.5. The summed E-state index contributed by atoms with van der Waals surface area (Å²) in [4.78, 5) is 36.4. The average Bonchev–Trinajstić information content (AvgIpc) is 2.85. The maximum Gasteiger partial charge on any atom is 0.243 e.